The molecule has 30 heavy (non-hydrogen) atoms. The zero-order valence-electron chi connectivity index (χ0n) is 17.3. The highest BCUT2D eigenvalue weighted by Crippen LogP contribution is 2.32. The number of benzene rings is 2. The van der Waals surface area contributed by atoms with Crippen LogP contribution in [0.3, 0.4) is 0 Å². The highest BCUT2D eigenvalue weighted by Gasteiger charge is 2.11. The van der Waals surface area contributed by atoms with Gasteiger partial charge < -0.3 is 4.74 Å². The van der Waals surface area contributed by atoms with Crippen molar-refractivity contribution in [3.8, 4) is 28.3 Å². The van der Waals surface area contributed by atoms with Crippen LogP contribution in [0.4, 0.5) is 4.39 Å². The van der Waals surface area contributed by atoms with E-state index in [0.717, 1.165) is 40.8 Å². The smallest absolute Gasteiger partial charge is 0.162 e. The summed E-state index contributed by atoms with van der Waals surface area (Å²) in [4.78, 5) is 8.68. The number of allylic oxidation sites excluding steroid dienone is 1. The summed E-state index contributed by atoms with van der Waals surface area (Å²) >= 11 is 0. The van der Waals surface area contributed by atoms with Crippen LogP contribution in [0.5, 0.6) is 5.75 Å². The van der Waals surface area contributed by atoms with Crippen molar-refractivity contribution in [2.45, 2.75) is 32.4 Å². The van der Waals surface area contributed by atoms with Gasteiger partial charge in [-0.1, -0.05) is 55.1 Å². The SMILES string of the molecule is C=CCOc1cc(-c2ccc(C=CCCCC(C)F)cc2)ccc1-c1ncccn1. The van der Waals surface area contributed by atoms with Crippen LogP contribution in [0.15, 0.2) is 79.7 Å². The number of rotatable bonds is 10. The predicted octanol–water partition coefficient (Wildman–Crippen LogP) is 6.92. The lowest BCUT2D eigenvalue weighted by Crippen LogP contribution is -1.97. The summed E-state index contributed by atoms with van der Waals surface area (Å²) in [5.74, 6) is 1.36. The fourth-order valence-corrected chi connectivity index (χ4v) is 3.12. The number of nitrogens with zero attached hydrogens (tertiary/aromatic N) is 2. The molecule has 0 fully saturated rings. The number of hydrogen-bond donors (Lipinski definition) is 0. The van der Waals surface area contributed by atoms with Gasteiger partial charge in [0.25, 0.3) is 0 Å². The molecule has 154 valence electrons. The van der Waals surface area contributed by atoms with E-state index < -0.39 is 6.17 Å². The van der Waals surface area contributed by atoms with Gasteiger partial charge in [-0.2, -0.15) is 0 Å². The summed E-state index contributed by atoms with van der Waals surface area (Å²) in [6.07, 6.45) is 11.0. The van der Waals surface area contributed by atoms with Gasteiger partial charge in [-0.05, 0) is 61.1 Å². The first kappa shape index (κ1) is 21.4. The Kier molecular flexibility index (Phi) is 7.90. The largest absolute Gasteiger partial charge is 0.489 e. The number of aromatic nitrogens is 2. The van der Waals surface area contributed by atoms with Crippen LogP contribution in [0.2, 0.25) is 0 Å². The van der Waals surface area contributed by atoms with Gasteiger partial charge in [0.1, 0.15) is 12.4 Å². The minimum Gasteiger partial charge on any atom is -0.489 e. The predicted molar refractivity (Wildman–Crippen MR) is 122 cm³/mol. The molecule has 4 heteroatoms. The molecule has 3 rings (SSSR count). The van der Waals surface area contributed by atoms with Crippen LogP contribution in [0.1, 0.15) is 31.7 Å². The average Bonchev–Trinajstić information content (AvgIpc) is 2.78. The zero-order valence-corrected chi connectivity index (χ0v) is 17.3. The monoisotopic (exact) mass is 402 g/mol. The first-order chi connectivity index (χ1) is 14.7. The van der Waals surface area contributed by atoms with E-state index in [1.807, 2.05) is 12.1 Å². The molecule has 1 heterocycles. The van der Waals surface area contributed by atoms with Crippen molar-refractivity contribution in [1.82, 2.24) is 9.97 Å². The second-order valence-corrected chi connectivity index (χ2v) is 7.12. The lowest BCUT2D eigenvalue weighted by molar-refractivity contribution is 0.335. The maximum Gasteiger partial charge on any atom is 0.162 e. The van der Waals surface area contributed by atoms with Crippen LogP contribution in [-0.2, 0) is 0 Å². The van der Waals surface area contributed by atoms with Gasteiger partial charge in [0, 0.05) is 12.4 Å². The van der Waals surface area contributed by atoms with Crippen LogP contribution in [0, 0.1) is 0 Å². The second-order valence-electron chi connectivity index (χ2n) is 7.12. The van der Waals surface area contributed by atoms with Crippen molar-refractivity contribution in [1.29, 1.82) is 0 Å². The van der Waals surface area contributed by atoms with E-state index in [0.29, 0.717) is 18.9 Å². The Morgan fingerprint density at radius 3 is 2.50 bits per heavy atom. The maximum atomic E-state index is 12.8. The van der Waals surface area contributed by atoms with Crippen molar-refractivity contribution >= 4 is 6.08 Å². The fraction of sp³-hybridized carbons (Fsp3) is 0.231. The van der Waals surface area contributed by atoms with Crippen LogP contribution >= 0.6 is 0 Å². The van der Waals surface area contributed by atoms with Gasteiger partial charge in [-0.15, -0.1) is 0 Å². The highest BCUT2D eigenvalue weighted by molar-refractivity contribution is 5.74. The standard InChI is InChI=1S/C26H27FN2O/c1-3-18-30-25-19-23(14-15-24(25)26-28-16-7-17-29-26)22-12-10-21(11-13-22)9-6-4-5-8-20(2)27/h3,6-7,9-17,19-20H,1,4-5,8,18H2,2H3. The summed E-state index contributed by atoms with van der Waals surface area (Å²) in [5, 5.41) is 0. The molecule has 1 atom stereocenters. The third-order valence-electron chi connectivity index (χ3n) is 4.67. The van der Waals surface area contributed by atoms with E-state index in [1.54, 1.807) is 31.5 Å². The molecule has 0 N–H and O–H groups in total. The molecule has 3 nitrogen and oxygen atoms in total. The van der Waals surface area contributed by atoms with E-state index in [-0.39, 0.29) is 0 Å². The van der Waals surface area contributed by atoms with Crippen molar-refractivity contribution in [2.75, 3.05) is 6.61 Å². The Balaban J connectivity index is 1.76. The van der Waals surface area contributed by atoms with E-state index in [1.165, 1.54) is 0 Å². The summed E-state index contributed by atoms with van der Waals surface area (Å²) in [6, 6.07) is 16.2. The molecule has 3 aromatic rings. The van der Waals surface area contributed by atoms with Gasteiger partial charge >= 0.3 is 0 Å². The Hall–Kier alpha value is -3.27. The van der Waals surface area contributed by atoms with Crippen LogP contribution in [-0.4, -0.2) is 22.7 Å². The topological polar surface area (TPSA) is 35.0 Å². The molecule has 0 aliphatic carbocycles. The molecule has 0 amide bonds. The summed E-state index contributed by atoms with van der Waals surface area (Å²) in [6.45, 7) is 5.75. The number of unbranched alkanes of at least 4 members (excludes halogenated alkanes) is 1. The molecular formula is C26H27FN2O. The van der Waals surface area contributed by atoms with Crippen molar-refractivity contribution in [2.24, 2.45) is 0 Å². The lowest BCUT2D eigenvalue weighted by Gasteiger charge is -2.12. The normalized spacial score (nSPS) is 12.1. The Morgan fingerprint density at radius 2 is 1.80 bits per heavy atom. The first-order valence-corrected chi connectivity index (χ1v) is 10.2. The average molecular weight is 403 g/mol. The Morgan fingerprint density at radius 1 is 1.07 bits per heavy atom. The van der Waals surface area contributed by atoms with E-state index >= 15 is 0 Å². The number of hydrogen-bond acceptors (Lipinski definition) is 3. The van der Waals surface area contributed by atoms with E-state index in [2.05, 4.69) is 59.0 Å². The molecule has 1 aromatic heterocycles. The molecule has 0 bridgehead atoms. The van der Waals surface area contributed by atoms with E-state index in [9.17, 15) is 4.39 Å². The molecule has 1 unspecified atom stereocenters. The Labute approximate surface area is 178 Å². The van der Waals surface area contributed by atoms with Crippen LogP contribution in [0.25, 0.3) is 28.6 Å². The summed E-state index contributed by atoms with van der Waals surface area (Å²) < 4.78 is 18.7. The summed E-state index contributed by atoms with van der Waals surface area (Å²) in [5.41, 5.74) is 4.14. The molecule has 0 spiro atoms. The van der Waals surface area contributed by atoms with Crippen molar-refractivity contribution in [3.63, 3.8) is 0 Å². The second kappa shape index (κ2) is 11.1. The molecule has 0 radical (unpaired) electrons. The first-order valence-electron chi connectivity index (χ1n) is 10.2. The van der Waals surface area contributed by atoms with Gasteiger partial charge in [-0.3, -0.25) is 0 Å². The van der Waals surface area contributed by atoms with Gasteiger partial charge in [-0.25, -0.2) is 14.4 Å². The van der Waals surface area contributed by atoms with Crippen LogP contribution < -0.4 is 4.74 Å². The lowest BCUT2D eigenvalue weighted by atomic mass is 10.0. The fourth-order valence-electron chi connectivity index (χ4n) is 3.12. The third kappa shape index (κ3) is 6.11. The summed E-state index contributed by atoms with van der Waals surface area (Å²) in [7, 11) is 0. The van der Waals surface area contributed by atoms with Crippen molar-refractivity contribution < 1.29 is 9.13 Å². The molecular weight excluding hydrogens is 375 g/mol. The molecule has 0 aliphatic rings. The molecule has 2 aromatic carbocycles. The molecule has 0 saturated carbocycles. The number of halogens is 1. The maximum absolute atomic E-state index is 12.8. The molecule has 0 saturated heterocycles. The van der Waals surface area contributed by atoms with Gasteiger partial charge in [0.05, 0.1) is 11.7 Å². The zero-order chi connectivity index (χ0) is 21.2. The minimum atomic E-state index is -0.724. The highest BCUT2D eigenvalue weighted by atomic mass is 19.1. The minimum absolute atomic E-state index is 0.411. The third-order valence-corrected chi connectivity index (χ3v) is 4.67. The number of ether oxygens (including phenoxy) is 1. The quantitative estimate of drug-likeness (QED) is 0.273. The van der Waals surface area contributed by atoms with Crippen molar-refractivity contribution in [3.05, 3.63) is 85.2 Å². The van der Waals surface area contributed by atoms with Gasteiger partial charge in [0.15, 0.2) is 5.82 Å². The van der Waals surface area contributed by atoms with Gasteiger partial charge in [0.2, 0.25) is 0 Å². The number of alkyl halides is 1. The molecule has 0 aliphatic heterocycles. The van der Waals surface area contributed by atoms with E-state index in [4.69, 9.17) is 4.74 Å². The Bertz CT molecular complexity index is 966.